The third kappa shape index (κ3) is 2.43. The van der Waals surface area contributed by atoms with Crippen LogP contribution in [0.5, 0.6) is 0 Å². The van der Waals surface area contributed by atoms with Gasteiger partial charge in [-0.15, -0.1) is 5.10 Å². The molecule has 0 amide bonds. The summed E-state index contributed by atoms with van der Waals surface area (Å²) in [6.07, 6.45) is 1.35. The van der Waals surface area contributed by atoms with Crippen molar-refractivity contribution in [1.29, 1.82) is 0 Å². The quantitative estimate of drug-likeness (QED) is 0.528. The molecule has 7 nitrogen and oxygen atoms in total. The summed E-state index contributed by atoms with van der Waals surface area (Å²) in [5.41, 5.74) is 5.47. The molecule has 1 aromatic rings. The molecule has 0 aromatic carbocycles. The van der Waals surface area contributed by atoms with Crippen LogP contribution in [0.4, 0.5) is 11.5 Å². The van der Waals surface area contributed by atoms with Gasteiger partial charge in [0.25, 0.3) is 0 Å². The first kappa shape index (κ1) is 10.5. The van der Waals surface area contributed by atoms with Crippen molar-refractivity contribution in [3.63, 3.8) is 0 Å². The number of rotatable bonds is 4. The molecule has 1 heterocycles. The van der Waals surface area contributed by atoms with Gasteiger partial charge in [-0.3, -0.25) is 14.8 Å². The Hall–Kier alpha value is -1.63. The lowest BCUT2D eigenvalue weighted by molar-refractivity contribution is -0.384. The molecule has 1 unspecified atom stereocenters. The molecule has 14 heavy (non-hydrogen) atoms. The maximum atomic E-state index is 10.6. The maximum Gasteiger partial charge on any atom is 0.330 e. The normalized spacial score (nSPS) is 12.5. The second-order valence-corrected chi connectivity index (χ2v) is 3.15. The zero-order chi connectivity index (χ0) is 10.7. The van der Waals surface area contributed by atoms with Crippen LogP contribution < -0.4 is 11.1 Å². The molecule has 0 aliphatic rings. The number of nitrogens with zero attached hydrogens (tertiary/aromatic N) is 3. The first-order valence-electron chi connectivity index (χ1n) is 4.18. The van der Waals surface area contributed by atoms with Gasteiger partial charge in [-0.05, 0) is 6.92 Å². The van der Waals surface area contributed by atoms with Crippen LogP contribution in [0.3, 0.4) is 0 Å². The molecule has 7 heteroatoms. The van der Waals surface area contributed by atoms with Crippen molar-refractivity contribution in [3.05, 3.63) is 16.3 Å². The third-order valence-corrected chi connectivity index (χ3v) is 1.60. The molecule has 3 N–H and O–H groups in total. The Kier molecular flexibility index (Phi) is 3.03. The van der Waals surface area contributed by atoms with Crippen LogP contribution in [-0.4, -0.2) is 27.3 Å². The monoisotopic (exact) mass is 199 g/mol. The number of nitro groups is 1. The summed E-state index contributed by atoms with van der Waals surface area (Å²) in [7, 11) is 1.63. The Morgan fingerprint density at radius 2 is 2.50 bits per heavy atom. The van der Waals surface area contributed by atoms with Crippen molar-refractivity contribution in [2.24, 2.45) is 12.8 Å². The molecular formula is C7H13N5O2. The van der Waals surface area contributed by atoms with Gasteiger partial charge in [0.15, 0.2) is 0 Å². The minimum absolute atomic E-state index is 0.0341. The van der Waals surface area contributed by atoms with Crippen molar-refractivity contribution >= 4 is 11.5 Å². The van der Waals surface area contributed by atoms with Gasteiger partial charge in [-0.2, -0.15) is 0 Å². The van der Waals surface area contributed by atoms with E-state index in [4.69, 9.17) is 5.73 Å². The molecule has 0 spiro atoms. The van der Waals surface area contributed by atoms with Crippen LogP contribution in [-0.2, 0) is 7.05 Å². The molecule has 1 atom stereocenters. The molecule has 0 fully saturated rings. The van der Waals surface area contributed by atoms with Gasteiger partial charge in [0.05, 0.1) is 4.92 Å². The Balaban J connectivity index is 2.79. The van der Waals surface area contributed by atoms with Crippen LogP contribution in [0.25, 0.3) is 0 Å². The molecule has 78 valence electrons. The van der Waals surface area contributed by atoms with E-state index in [2.05, 4.69) is 10.4 Å². The van der Waals surface area contributed by atoms with E-state index in [1.165, 1.54) is 10.9 Å². The first-order valence-corrected chi connectivity index (χ1v) is 4.18. The summed E-state index contributed by atoms with van der Waals surface area (Å²) in [4.78, 5) is 10.1. The van der Waals surface area contributed by atoms with Gasteiger partial charge in [0, 0.05) is 19.6 Å². The van der Waals surface area contributed by atoms with Gasteiger partial charge in [0.1, 0.15) is 6.20 Å². The Labute approximate surface area is 81.0 Å². The van der Waals surface area contributed by atoms with Gasteiger partial charge >= 0.3 is 5.69 Å². The number of nitrogens with two attached hydrogens (primary N) is 1. The highest BCUT2D eigenvalue weighted by molar-refractivity contribution is 5.54. The highest BCUT2D eigenvalue weighted by atomic mass is 16.6. The molecule has 0 saturated carbocycles. The lowest BCUT2D eigenvalue weighted by atomic mass is 10.3. The average Bonchev–Trinajstić information content (AvgIpc) is 2.43. The number of aromatic nitrogens is 2. The molecule has 0 saturated heterocycles. The van der Waals surface area contributed by atoms with E-state index < -0.39 is 4.92 Å². The minimum Gasteiger partial charge on any atom is -0.361 e. The fraction of sp³-hybridized carbons (Fsp3) is 0.571. The summed E-state index contributed by atoms with van der Waals surface area (Å²) >= 11 is 0. The summed E-state index contributed by atoms with van der Waals surface area (Å²) in [5, 5.41) is 17.3. The van der Waals surface area contributed by atoms with Crippen LogP contribution in [0, 0.1) is 10.1 Å². The molecule has 0 aliphatic carbocycles. The predicted octanol–water partition coefficient (Wildman–Crippen LogP) is 0.0874. The van der Waals surface area contributed by atoms with Crippen molar-refractivity contribution in [2.75, 3.05) is 11.9 Å². The Morgan fingerprint density at radius 1 is 1.86 bits per heavy atom. The smallest absolute Gasteiger partial charge is 0.330 e. The molecular weight excluding hydrogens is 186 g/mol. The second kappa shape index (κ2) is 4.05. The highest BCUT2D eigenvalue weighted by Crippen LogP contribution is 2.20. The summed E-state index contributed by atoms with van der Waals surface area (Å²) in [5.74, 6) is 0.259. The topological polar surface area (TPSA) is 99.0 Å². The van der Waals surface area contributed by atoms with Gasteiger partial charge in [-0.25, -0.2) is 0 Å². The Morgan fingerprint density at radius 3 is 3.00 bits per heavy atom. The number of hydrogen-bond acceptors (Lipinski definition) is 5. The van der Waals surface area contributed by atoms with Crippen LogP contribution in [0.15, 0.2) is 6.20 Å². The van der Waals surface area contributed by atoms with Crippen molar-refractivity contribution in [2.45, 2.75) is 13.0 Å². The van der Waals surface area contributed by atoms with Crippen LogP contribution >= 0.6 is 0 Å². The van der Waals surface area contributed by atoms with E-state index in [0.29, 0.717) is 6.54 Å². The van der Waals surface area contributed by atoms with Crippen molar-refractivity contribution < 1.29 is 4.92 Å². The standard InChI is InChI=1S/C7H13N5O2/c1-5(8)3-9-7-6(12(13)14)4-11(2)10-7/h4-5H,3,8H2,1-2H3,(H,9,10). The maximum absolute atomic E-state index is 10.6. The van der Waals surface area contributed by atoms with Crippen molar-refractivity contribution in [1.82, 2.24) is 9.78 Å². The predicted molar refractivity (Wildman–Crippen MR) is 52.0 cm³/mol. The average molecular weight is 199 g/mol. The van der Waals surface area contributed by atoms with E-state index in [9.17, 15) is 10.1 Å². The fourth-order valence-corrected chi connectivity index (χ4v) is 0.993. The minimum atomic E-state index is -0.476. The molecule has 0 radical (unpaired) electrons. The zero-order valence-electron chi connectivity index (χ0n) is 8.10. The number of anilines is 1. The van der Waals surface area contributed by atoms with Crippen LogP contribution in [0.2, 0.25) is 0 Å². The van der Waals surface area contributed by atoms with Crippen molar-refractivity contribution in [3.8, 4) is 0 Å². The summed E-state index contributed by atoms with van der Waals surface area (Å²) in [6, 6.07) is -0.0726. The first-order chi connectivity index (χ1) is 6.50. The van der Waals surface area contributed by atoms with Gasteiger partial charge < -0.3 is 11.1 Å². The lowest BCUT2D eigenvalue weighted by Crippen LogP contribution is -2.25. The number of aryl methyl sites for hydroxylation is 1. The van der Waals surface area contributed by atoms with Gasteiger partial charge in [0.2, 0.25) is 5.82 Å². The van der Waals surface area contributed by atoms with E-state index in [1.807, 2.05) is 6.92 Å². The van der Waals surface area contributed by atoms with Gasteiger partial charge in [-0.1, -0.05) is 0 Å². The molecule has 1 aromatic heterocycles. The van der Waals surface area contributed by atoms with E-state index in [1.54, 1.807) is 7.05 Å². The van der Waals surface area contributed by atoms with E-state index in [-0.39, 0.29) is 17.5 Å². The van der Waals surface area contributed by atoms with E-state index >= 15 is 0 Å². The SMILES string of the molecule is CC(N)CNc1nn(C)cc1[N+](=O)[O-]. The third-order valence-electron chi connectivity index (χ3n) is 1.60. The van der Waals surface area contributed by atoms with E-state index in [0.717, 1.165) is 0 Å². The second-order valence-electron chi connectivity index (χ2n) is 3.15. The number of hydrogen-bond donors (Lipinski definition) is 2. The zero-order valence-corrected chi connectivity index (χ0v) is 8.10. The largest absolute Gasteiger partial charge is 0.361 e. The van der Waals surface area contributed by atoms with Crippen LogP contribution in [0.1, 0.15) is 6.92 Å². The Bertz CT molecular complexity index is 333. The summed E-state index contributed by atoms with van der Waals surface area (Å²) < 4.78 is 1.39. The summed E-state index contributed by atoms with van der Waals surface area (Å²) in [6.45, 7) is 2.26. The highest BCUT2D eigenvalue weighted by Gasteiger charge is 2.17. The molecule has 0 bridgehead atoms. The molecule has 0 aliphatic heterocycles. The number of nitrogens with one attached hydrogen (secondary N) is 1. The lowest BCUT2D eigenvalue weighted by Gasteiger charge is -2.04. The molecule has 1 rings (SSSR count). The fourth-order valence-electron chi connectivity index (χ4n) is 0.993.